The Morgan fingerprint density at radius 3 is 2.20 bits per heavy atom. The third-order valence-electron chi connectivity index (χ3n) is 14.3. The lowest BCUT2D eigenvalue weighted by molar-refractivity contribution is -0.127. The van der Waals surface area contributed by atoms with E-state index in [9.17, 15) is 4.79 Å². The van der Waals surface area contributed by atoms with Crippen molar-refractivity contribution in [2.24, 2.45) is 11.3 Å². The smallest absolute Gasteiger partial charge is 0.255 e. The number of aromatic nitrogens is 2. The van der Waals surface area contributed by atoms with Gasteiger partial charge in [-0.3, -0.25) is 9.59 Å². The fourth-order valence-corrected chi connectivity index (χ4v) is 10.8. The van der Waals surface area contributed by atoms with Gasteiger partial charge in [-0.1, -0.05) is 113 Å². The molecule has 7 nitrogen and oxygen atoms in total. The molecule has 55 heavy (non-hydrogen) atoms. The van der Waals surface area contributed by atoms with Crippen molar-refractivity contribution in [3.05, 3.63) is 89.5 Å². The summed E-state index contributed by atoms with van der Waals surface area (Å²) in [5.41, 5.74) is 5.41. The first-order chi connectivity index (χ1) is 26.6. The van der Waals surface area contributed by atoms with E-state index in [1.165, 1.54) is 18.4 Å². The standard InChI is InChI=1S/C48H56N4O3/c1-30-26-27-48(4)37(28-30)40-42-41(35-22-14-15-23-36(35)44(40)55-47(48,2)3)51-39-29-32(24-25-38(39)50-42)46(54)52(34-20-12-7-13-21-34)43(31-16-8-5-9-17-31)45(53)49-33-18-10-6-11-19-33/h5,8-9,14-17,22-25,29-30,33-34,37,43H,6-7,10-13,18-21,26-28H2,1-4H3,(H,49,53)/t30-,37+,43?,48-/m0/s1. The monoisotopic (exact) mass is 736 g/mol. The molecule has 9 rings (SSSR count). The van der Waals surface area contributed by atoms with Gasteiger partial charge in [-0.2, -0.15) is 0 Å². The molecular formula is C48H56N4O3. The van der Waals surface area contributed by atoms with Crippen LogP contribution < -0.4 is 10.1 Å². The van der Waals surface area contributed by atoms with Crippen LogP contribution in [0.1, 0.15) is 145 Å². The second-order valence-corrected chi connectivity index (χ2v) is 18.0. The Kier molecular flexibility index (Phi) is 9.33. The van der Waals surface area contributed by atoms with Crippen LogP contribution in [0.2, 0.25) is 0 Å². The van der Waals surface area contributed by atoms with Crippen LogP contribution in [0.3, 0.4) is 0 Å². The molecule has 286 valence electrons. The molecule has 1 aromatic heterocycles. The minimum Gasteiger partial charge on any atom is -0.486 e. The van der Waals surface area contributed by atoms with Gasteiger partial charge in [0, 0.05) is 39.4 Å². The molecule has 7 heteroatoms. The summed E-state index contributed by atoms with van der Waals surface area (Å²) >= 11 is 0. The van der Waals surface area contributed by atoms with E-state index in [0.29, 0.717) is 17.0 Å². The topological polar surface area (TPSA) is 84.4 Å². The van der Waals surface area contributed by atoms with Gasteiger partial charge in [-0.25, -0.2) is 9.97 Å². The van der Waals surface area contributed by atoms with E-state index in [-0.39, 0.29) is 40.8 Å². The number of nitrogens with zero attached hydrogens (tertiary/aromatic N) is 3. The number of ether oxygens (including phenoxy) is 1. The maximum atomic E-state index is 15.1. The average molecular weight is 737 g/mol. The lowest BCUT2D eigenvalue weighted by Crippen LogP contribution is -2.54. The minimum absolute atomic E-state index is 0.0335. The highest BCUT2D eigenvalue weighted by Gasteiger charge is 2.56. The Morgan fingerprint density at radius 1 is 0.782 bits per heavy atom. The quantitative estimate of drug-likeness (QED) is 0.139. The Labute approximate surface area is 325 Å². The number of rotatable bonds is 6. The molecule has 3 saturated carbocycles. The average Bonchev–Trinajstić information content (AvgIpc) is 3.20. The van der Waals surface area contributed by atoms with E-state index in [0.717, 1.165) is 109 Å². The molecule has 1 N–H and O–H groups in total. The number of carbonyl (C=O) groups excluding carboxylic acids is 2. The molecule has 4 aromatic carbocycles. The number of carbonyl (C=O) groups is 2. The summed E-state index contributed by atoms with van der Waals surface area (Å²) in [5.74, 6) is 1.65. The van der Waals surface area contributed by atoms with Crippen LogP contribution >= 0.6 is 0 Å². The second-order valence-electron chi connectivity index (χ2n) is 18.0. The molecule has 0 radical (unpaired) electrons. The molecule has 3 fully saturated rings. The molecule has 2 heterocycles. The van der Waals surface area contributed by atoms with Crippen LogP contribution in [0.4, 0.5) is 0 Å². The third kappa shape index (κ3) is 6.26. The lowest BCUT2D eigenvalue weighted by atomic mass is 9.54. The molecule has 4 aliphatic rings. The van der Waals surface area contributed by atoms with Crippen LogP contribution in [0.15, 0.2) is 72.8 Å². The van der Waals surface area contributed by atoms with Gasteiger partial charge in [0.2, 0.25) is 5.91 Å². The summed E-state index contributed by atoms with van der Waals surface area (Å²) in [6, 6.07) is 23.5. The summed E-state index contributed by atoms with van der Waals surface area (Å²) in [5, 5.41) is 5.48. The van der Waals surface area contributed by atoms with Gasteiger partial charge in [0.15, 0.2) is 0 Å². The predicted molar refractivity (Wildman–Crippen MR) is 220 cm³/mol. The molecule has 1 aliphatic heterocycles. The highest BCUT2D eigenvalue weighted by atomic mass is 16.5. The van der Waals surface area contributed by atoms with Crippen LogP contribution in [-0.2, 0) is 4.79 Å². The Bertz CT molecular complexity index is 2260. The van der Waals surface area contributed by atoms with E-state index in [4.69, 9.17) is 14.7 Å². The molecule has 0 saturated heterocycles. The van der Waals surface area contributed by atoms with Crippen molar-refractivity contribution in [1.29, 1.82) is 0 Å². The van der Waals surface area contributed by atoms with E-state index in [2.05, 4.69) is 57.3 Å². The van der Waals surface area contributed by atoms with E-state index >= 15 is 4.79 Å². The largest absolute Gasteiger partial charge is 0.486 e. The van der Waals surface area contributed by atoms with Gasteiger partial charge in [0.1, 0.15) is 17.4 Å². The molecule has 0 spiro atoms. The number of amides is 2. The number of nitrogens with one attached hydrogen (secondary N) is 1. The molecule has 0 bridgehead atoms. The Hall–Kier alpha value is -4.52. The van der Waals surface area contributed by atoms with E-state index in [1.807, 2.05) is 53.4 Å². The Balaban J connectivity index is 1.17. The van der Waals surface area contributed by atoms with Crippen molar-refractivity contribution in [3.63, 3.8) is 0 Å². The van der Waals surface area contributed by atoms with Gasteiger partial charge < -0.3 is 15.0 Å². The van der Waals surface area contributed by atoms with Gasteiger partial charge in [0.25, 0.3) is 5.91 Å². The van der Waals surface area contributed by atoms with Crippen molar-refractivity contribution in [1.82, 2.24) is 20.2 Å². The highest BCUT2D eigenvalue weighted by Crippen LogP contribution is 2.62. The van der Waals surface area contributed by atoms with Crippen molar-refractivity contribution in [2.75, 3.05) is 0 Å². The summed E-state index contributed by atoms with van der Waals surface area (Å²) in [6.07, 6.45) is 13.9. The zero-order valence-electron chi connectivity index (χ0n) is 33.1. The third-order valence-corrected chi connectivity index (χ3v) is 14.3. The van der Waals surface area contributed by atoms with Gasteiger partial charge in [-0.15, -0.1) is 0 Å². The molecule has 2 amide bonds. The SMILES string of the molecule is C[C@H]1CC[C@@]2(C)[C@H](C1)c1c(c3ccccc3c3nc4cc(C(=O)N(C5CCCCC5)C(C(=O)NC5CCCCC5)c5ccccc5)ccc4nc13)OC2(C)C. The zero-order valence-corrected chi connectivity index (χ0v) is 33.1. The highest BCUT2D eigenvalue weighted by molar-refractivity contribution is 6.11. The summed E-state index contributed by atoms with van der Waals surface area (Å²) in [6.45, 7) is 9.32. The molecule has 4 atom stereocenters. The summed E-state index contributed by atoms with van der Waals surface area (Å²) in [7, 11) is 0. The first kappa shape index (κ1) is 36.1. The van der Waals surface area contributed by atoms with Crippen molar-refractivity contribution < 1.29 is 14.3 Å². The van der Waals surface area contributed by atoms with Crippen molar-refractivity contribution in [2.45, 2.75) is 141 Å². The lowest BCUT2D eigenvalue weighted by Gasteiger charge is -2.56. The van der Waals surface area contributed by atoms with Crippen molar-refractivity contribution >= 4 is 44.7 Å². The number of benzene rings is 4. The molecular weight excluding hydrogens is 681 g/mol. The van der Waals surface area contributed by atoms with Gasteiger partial charge in [-0.05, 0) is 88.0 Å². The Morgan fingerprint density at radius 2 is 1.45 bits per heavy atom. The van der Waals surface area contributed by atoms with Crippen molar-refractivity contribution in [3.8, 4) is 5.75 Å². The van der Waals surface area contributed by atoms with Crippen LogP contribution in [0.25, 0.3) is 32.8 Å². The van der Waals surface area contributed by atoms with Gasteiger partial charge >= 0.3 is 0 Å². The zero-order chi connectivity index (χ0) is 37.9. The fraction of sp³-hybridized carbons (Fsp3) is 0.500. The fourth-order valence-electron chi connectivity index (χ4n) is 10.8. The van der Waals surface area contributed by atoms with Crippen LogP contribution in [0.5, 0.6) is 5.75 Å². The normalized spacial score (nSPS) is 24.8. The maximum absolute atomic E-state index is 15.1. The second kappa shape index (κ2) is 14.2. The van der Waals surface area contributed by atoms with E-state index in [1.54, 1.807) is 0 Å². The molecule has 1 unspecified atom stereocenters. The maximum Gasteiger partial charge on any atom is 0.255 e. The van der Waals surface area contributed by atoms with E-state index < -0.39 is 6.04 Å². The molecule has 5 aromatic rings. The number of fused-ring (bicyclic) bond motifs is 9. The van der Waals surface area contributed by atoms with Crippen LogP contribution in [0, 0.1) is 11.3 Å². The summed E-state index contributed by atoms with van der Waals surface area (Å²) < 4.78 is 7.07. The summed E-state index contributed by atoms with van der Waals surface area (Å²) in [4.78, 5) is 42.3. The van der Waals surface area contributed by atoms with Gasteiger partial charge in [0.05, 0.1) is 22.1 Å². The van der Waals surface area contributed by atoms with Crippen LogP contribution in [-0.4, -0.2) is 44.4 Å². The number of hydrogen-bond acceptors (Lipinski definition) is 5. The molecule has 3 aliphatic carbocycles. The number of hydrogen-bond donors (Lipinski definition) is 1. The first-order valence-electron chi connectivity index (χ1n) is 21.2. The minimum atomic E-state index is -0.718. The first-order valence-corrected chi connectivity index (χ1v) is 21.2. The predicted octanol–water partition coefficient (Wildman–Crippen LogP) is 11.0.